The Labute approximate surface area is 184 Å². The zero-order valence-electron chi connectivity index (χ0n) is 17.4. The highest BCUT2D eigenvalue weighted by Crippen LogP contribution is 2.43. The molecule has 1 fully saturated rings. The number of halogens is 1. The Hall–Kier alpha value is -3.25. The maximum atomic E-state index is 13.7. The van der Waals surface area contributed by atoms with E-state index in [4.69, 9.17) is 0 Å². The quantitative estimate of drug-likeness (QED) is 0.313. The summed E-state index contributed by atoms with van der Waals surface area (Å²) in [5, 5.41) is 12.9. The molecule has 0 bridgehead atoms. The molecule has 1 atom stereocenters. The smallest absolute Gasteiger partial charge is 0.300 e. The molecule has 6 heteroatoms. The Morgan fingerprint density at radius 1 is 1.10 bits per heavy atom. The van der Waals surface area contributed by atoms with Crippen LogP contribution in [-0.2, 0) is 9.59 Å². The van der Waals surface area contributed by atoms with Crippen molar-refractivity contribution in [3.8, 4) is 0 Å². The van der Waals surface area contributed by atoms with Crippen molar-refractivity contribution in [1.82, 2.24) is 0 Å². The van der Waals surface area contributed by atoms with Crippen molar-refractivity contribution in [2.24, 2.45) is 0 Å². The third-order valence-corrected chi connectivity index (χ3v) is 6.45. The van der Waals surface area contributed by atoms with E-state index in [1.54, 1.807) is 6.92 Å². The van der Waals surface area contributed by atoms with Crippen molar-refractivity contribution in [3.05, 3.63) is 92.9 Å². The molecule has 0 radical (unpaired) electrons. The Morgan fingerprint density at radius 2 is 1.81 bits per heavy atom. The molecule has 3 aromatic rings. The van der Waals surface area contributed by atoms with Gasteiger partial charge in [0, 0.05) is 16.1 Å². The van der Waals surface area contributed by atoms with Crippen molar-refractivity contribution in [1.29, 1.82) is 0 Å². The molecule has 2 heterocycles. The number of thiophene rings is 1. The molecule has 1 saturated heterocycles. The van der Waals surface area contributed by atoms with Gasteiger partial charge in [0.1, 0.15) is 17.6 Å². The summed E-state index contributed by atoms with van der Waals surface area (Å²) in [6.07, 6.45) is 0. The van der Waals surface area contributed by atoms with Gasteiger partial charge >= 0.3 is 0 Å². The number of amides is 1. The van der Waals surface area contributed by atoms with E-state index in [0.717, 1.165) is 10.4 Å². The molecule has 1 amide bonds. The molecule has 1 aliphatic heterocycles. The first kappa shape index (κ1) is 21.0. The molecule has 0 aliphatic carbocycles. The van der Waals surface area contributed by atoms with Crippen LogP contribution in [0.1, 0.15) is 47.4 Å². The first-order valence-corrected chi connectivity index (χ1v) is 10.9. The van der Waals surface area contributed by atoms with Crippen LogP contribution in [0.2, 0.25) is 0 Å². The molecule has 4 rings (SSSR count). The highest BCUT2D eigenvalue weighted by Gasteiger charge is 2.47. The number of aliphatic hydroxyl groups is 1. The van der Waals surface area contributed by atoms with Gasteiger partial charge in [-0.15, -0.1) is 11.3 Å². The lowest BCUT2D eigenvalue weighted by molar-refractivity contribution is -0.132. The molecular weight excluding hydrogens is 413 g/mol. The van der Waals surface area contributed by atoms with Crippen LogP contribution in [0.4, 0.5) is 10.1 Å². The highest BCUT2D eigenvalue weighted by molar-refractivity contribution is 7.10. The average Bonchev–Trinajstić information content (AvgIpc) is 3.37. The van der Waals surface area contributed by atoms with E-state index < -0.39 is 23.5 Å². The zero-order chi connectivity index (χ0) is 22.3. The molecule has 31 heavy (non-hydrogen) atoms. The van der Waals surface area contributed by atoms with Gasteiger partial charge in [0.05, 0.1) is 5.57 Å². The van der Waals surface area contributed by atoms with Crippen LogP contribution in [-0.4, -0.2) is 16.8 Å². The number of Topliss-reactive ketones (excluding diaryl/α,β-unsaturated/α-hetero) is 1. The number of anilines is 1. The number of carbonyl (C=O) groups is 2. The van der Waals surface area contributed by atoms with Crippen molar-refractivity contribution in [3.63, 3.8) is 0 Å². The standard InChI is InChI=1S/C25H22FNO3S/c1-14(2)16-6-9-18(10-7-16)27-22(20-5-4-12-31-20)21(24(29)25(27)30)23(28)17-8-11-19(26)15(3)13-17/h4-14,22,28H,1-3H3/b23-21-. The number of hydrogen-bond acceptors (Lipinski definition) is 4. The number of aryl methyl sites for hydroxylation is 1. The fourth-order valence-electron chi connectivity index (χ4n) is 3.78. The topological polar surface area (TPSA) is 57.6 Å². The summed E-state index contributed by atoms with van der Waals surface area (Å²) in [5.74, 6) is -1.83. The van der Waals surface area contributed by atoms with Gasteiger partial charge in [-0.1, -0.05) is 32.0 Å². The molecule has 1 aliphatic rings. The minimum Gasteiger partial charge on any atom is -0.507 e. The Balaban J connectivity index is 1.88. The summed E-state index contributed by atoms with van der Waals surface area (Å²) >= 11 is 1.40. The van der Waals surface area contributed by atoms with E-state index in [2.05, 4.69) is 13.8 Å². The first-order chi connectivity index (χ1) is 14.8. The molecule has 1 aromatic heterocycles. The second kappa shape index (κ2) is 8.12. The largest absolute Gasteiger partial charge is 0.507 e. The Bertz CT molecular complexity index is 1180. The van der Waals surface area contributed by atoms with Gasteiger partial charge < -0.3 is 5.11 Å². The molecule has 4 nitrogen and oxygen atoms in total. The predicted molar refractivity (Wildman–Crippen MR) is 121 cm³/mol. The third kappa shape index (κ3) is 3.68. The number of aliphatic hydroxyl groups excluding tert-OH is 1. The number of rotatable bonds is 4. The normalized spacial score (nSPS) is 18.2. The number of benzene rings is 2. The van der Waals surface area contributed by atoms with Crippen molar-refractivity contribution in [2.75, 3.05) is 4.90 Å². The van der Waals surface area contributed by atoms with Crippen LogP contribution in [0.25, 0.3) is 5.76 Å². The van der Waals surface area contributed by atoms with E-state index in [1.807, 2.05) is 41.8 Å². The fraction of sp³-hybridized carbons (Fsp3) is 0.200. The molecule has 2 aromatic carbocycles. The zero-order valence-corrected chi connectivity index (χ0v) is 18.2. The van der Waals surface area contributed by atoms with Crippen LogP contribution in [0.5, 0.6) is 0 Å². The van der Waals surface area contributed by atoms with E-state index in [0.29, 0.717) is 22.7 Å². The molecular formula is C25H22FNO3S. The van der Waals surface area contributed by atoms with Gasteiger partial charge in [-0.05, 0) is 65.7 Å². The SMILES string of the molecule is Cc1cc(/C(O)=C2/C(=O)C(=O)N(c3ccc(C(C)C)cc3)C2c2cccs2)ccc1F. The summed E-state index contributed by atoms with van der Waals surface area (Å²) < 4.78 is 13.7. The lowest BCUT2D eigenvalue weighted by atomic mass is 9.98. The summed E-state index contributed by atoms with van der Waals surface area (Å²) in [6.45, 7) is 5.74. The van der Waals surface area contributed by atoms with Crippen LogP contribution >= 0.6 is 11.3 Å². The maximum Gasteiger partial charge on any atom is 0.300 e. The van der Waals surface area contributed by atoms with Crippen molar-refractivity contribution < 1.29 is 19.1 Å². The number of carbonyl (C=O) groups excluding carboxylic acids is 2. The number of hydrogen-bond donors (Lipinski definition) is 1. The molecule has 1 N–H and O–H groups in total. The van der Waals surface area contributed by atoms with E-state index in [-0.39, 0.29) is 11.3 Å². The first-order valence-electron chi connectivity index (χ1n) is 10.0. The van der Waals surface area contributed by atoms with Gasteiger partial charge in [0.25, 0.3) is 11.7 Å². The van der Waals surface area contributed by atoms with Gasteiger partial charge in [-0.3, -0.25) is 14.5 Å². The summed E-state index contributed by atoms with van der Waals surface area (Å²) in [4.78, 5) is 28.3. The lowest BCUT2D eigenvalue weighted by Gasteiger charge is -2.24. The van der Waals surface area contributed by atoms with Crippen LogP contribution in [0, 0.1) is 12.7 Å². The fourth-order valence-corrected chi connectivity index (χ4v) is 4.61. The molecule has 158 valence electrons. The van der Waals surface area contributed by atoms with Crippen LogP contribution in [0.15, 0.2) is 65.6 Å². The molecule has 1 unspecified atom stereocenters. The van der Waals surface area contributed by atoms with E-state index in [9.17, 15) is 19.1 Å². The Morgan fingerprint density at radius 3 is 2.39 bits per heavy atom. The van der Waals surface area contributed by atoms with Gasteiger partial charge in [-0.2, -0.15) is 0 Å². The van der Waals surface area contributed by atoms with E-state index in [1.165, 1.54) is 34.4 Å². The highest BCUT2D eigenvalue weighted by atomic mass is 32.1. The maximum absolute atomic E-state index is 13.7. The summed E-state index contributed by atoms with van der Waals surface area (Å²) in [7, 11) is 0. The average molecular weight is 436 g/mol. The van der Waals surface area contributed by atoms with Gasteiger partial charge in [-0.25, -0.2) is 4.39 Å². The Kier molecular flexibility index (Phi) is 5.50. The van der Waals surface area contributed by atoms with Crippen LogP contribution < -0.4 is 4.90 Å². The van der Waals surface area contributed by atoms with Crippen LogP contribution in [0.3, 0.4) is 0 Å². The minimum atomic E-state index is -0.759. The van der Waals surface area contributed by atoms with Gasteiger partial charge in [0.2, 0.25) is 0 Å². The minimum absolute atomic E-state index is 0.00592. The second-order valence-corrected chi connectivity index (χ2v) is 8.87. The monoisotopic (exact) mass is 435 g/mol. The van der Waals surface area contributed by atoms with E-state index >= 15 is 0 Å². The van der Waals surface area contributed by atoms with Crippen molar-refractivity contribution >= 4 is 34.5 Å². The number of ketones is 1. The third-order valence-electron chi connectivity index (χ3n) is 5.53. The lowest BCUT2D eigenvalue weighted by Crippen LogP contribution is -2.29. The summed E-state index contributed by atoms with van der Waals surface area (Å²) in [5.41, 5.74) is 2.35. The molecule has 0 saturated carbocycles. The summed E-state index contributed by atoms with van der Waals surface area (Å²) in [6, 6.07) is 14.6. The van der Waals surface area contributed by atoms with Gasteiger partial charge in [0.15, 0.2) is 0 Å². The van der Waals surface area contributed by atoms with Crippen molar-refractivity contribution in [2.45, 2.75) is 32.7 Å². The number of nitrogens with zero attached hydrogens (tertiary/aromatic N) is 1. The predicted octanol–water partition coefficient (Wildman–Crippen LogP) is 5.95. The second-order valence-electron chi connectivity index (χ2n) is 7.89. The molecule has 0 spiro atoms.